The summed E-state index contributed by atoms with van der Waals surface area (Å²) in [5.74, 6) is 0.142. The molecule has 0 bridgehead atoms. The van der Waals surface area contributed by atoms with Gasteiger partial charge in [-0.1, -0.05) is 11.6 Å². The first-order valence-electron chi connectivity index (χ1n) is 5.97. The molecular weight excluding hydrogens is 291 g/mol. The second-order valence-electron chi connectivity index (χ2n) is 4.34. The molecule has 2 rings (SSSR count). The largest absolute Gasteiger partial charge is 0.352 e. The van der Waals surface area contributed by atoms with Gasteiger partial charge in [0.1, 0.15) is 0 Å². The first-order chi connectivity index (χ1) is 8.24. The minimum atomic E-state index is 0. The van der Waals surface area contributed by atoms with Gasteiger partial charge in [-0.3, -0.25) is 4.79 Å². The van der Waals surface area contributed by atoms with Crippen molar-refractivity contribution in [2.24, 2.45) is 0 Å². The van der Waals surface area contributed by atoms with Crippen molar-refractivity contribution < 1.29 is 4.79 Å². The molecule has 0 radical (unpaired) electrons. The number of nitrogens with one attached hydrogen (secondary N) is 2. The van der Waals surface area contributed by atoms with Crippen LogP contribution in [0.15, 0.2) is 11.4 Å². The monoisotopic (exact) mass is 308 g/mol. The van der Waals surface area contributed by atoms with E-state index in [0.717, 1.165) is 37.4 Å². The SMILES string of the molecule is Cl.O=C(CCc1cc(Cl)cs1)N[C@H]1CCCNC1. The molecule has 0 spiro atoms. The number of halogens is 2. The van der Waals surface area contributed by atoms with Gasteiger partial charge >= 0.3 is 0 Å². The average Bonchev–Trinajstić information content (AvgIpc) is 2.74. The van der Waals surface area contributed by atoms with Crippen LogP contribution in [0, 0.1) is 0 Å². The van der Waals surface area contributed by atoms with Crippen molar-refractivity contribution >= 4 is 41.3 Å². The van der Waals surface area contributed by atoms with E-state index in [0.29, 0.717) is 12.5 Å². The van der Waals surface area contributed by atoms with Gasteiger partial charge in [0, 0.05) is 29.3 Å². The Kier molecular flexibility index (Phi) is 7.00. The third-order valence-electron chi connectivity index (χ3n) is 2.88. The highest BCUT2D eigenvalue weighted by Crippen LogP contribution is 2.20. The molecule has 2 heterocycles. The normalized spacial score (nSPS) is 19.1. The van der Waals surface area contributed by atoms with Gasteiger partial charge in [-0.25, -0.2) is 0 Å². The van der Waals surface area contributed by atoms with Gasteiger partial charge in [0.05, 0.1) is 5.02 Å². The predicted molar refractivity (Wildman–Crippen MR) is 78.9 cm³/mol. The van der Waals surface area contributed by atoms with Gasteiger partial charge in [0.2, 0.25) is 5.91 Å². The Morgan fingerprint density at radius 1 is 1.61 bits per heavy atom. The van der Waals surface area contributed by atoms with Crippen molar-refractivity contribution in [3.8, 4) is 0 Å². The van der Waals surface area contributed by atoms with E-state index in [2.05, 4.69) is 10.6 Å². The molecule has 18 heavy (non-hydrogen) atoms. The second kappa shape index (κ2) is 8.00. The average molecular weight is 309 g/mol. The number of carbonyl (C=O) groups is 1. The zero-order valence-electron chi connectivity index (χ0n) is 10.1. The number of hydrogen-bond donors (Lipinski definition) is 2. The van der Waals surface area contributed by atoms with Gasteiger partial charge < -0.3 is 10.6 Å². The van der Waals surface area contributed by atoms with Crippen molar-refractivity contribution in [3.63, 3.8) is 0 Å². The standard InChI is InChI=1S/C12H17ClN2OS.ClH/c13-9-6-11(17-8-9)3-4-12(16)15-10-2-1-5-14-7-10;/h6,8,10,14H,1-5,7H2,(H,15,16);1H/t10-;/m0./s1. The molecule has 1 aromatic rings. The van der Waals surface area contributed by atoms with Crippen molar-refractivity contribution in [2.45, 2.75) is 31.7 Å². The van der Waals surface area contributed by atoms with E-state index >= 15 is 0 Å². The Hall–Kier alpha value is -0.290. The summed E-state index contributed by atoms with van der Waals surface area (Å²) in [6.07, 6.45) is 3.56. The van der Waals surface area contributed by atoms with Crippen LogP contribution in [-0.4, -0.2) is 25.0 Å². The minimum Gasteiger partial charge on any atom is -0.352 e. The zero-order chi connectivity index (χ0) is 12.1. The Labute approximate surface area is 123 Å². The smallest absolute Gasteiger partial charge is 0.220 e. The van der Waals surface area contributed by atoms with Gasteiger partial charge in [-0.2, -0.15) is 0 Å². The number of piperidine rings is 1. The molecule has 6 heteroatoms. The van der Waals surface area contributed by atoms with E-state index in [4.69, 9.17) is 11.6 Å². The van der Waals surface area contributed by atoms with Crippen LogP contribution in [0.4, 0.5) is 0 Å². The molecule has 1 aliphatic rings. The van der Waals surface area contributed by atoms with Crippen LogP contribution in [0.2, 0.25) is 5.02 Å². The molecule has 1 fully saturated rings. The predicted octanol–water partition coefficient (Wildman–Crippen LogP) is 2.62. The fraction of sp³-hybridized carbons (Fsp3) is 0.583. The summed E-state index contributed by atoms with van der Waals surface area (Å²) >= 11 is 7.45. The lowest BCUT2D eigenvalue weighted by atomic mass is 10.1. The fourth-order valence-electron chi connectivity index (χ4n) is 2.00. The Bertz CT molecular complexity index is 378. The van der Waals surface area contributed by atoms with Crippen LogP contribution in [0.3, 0.4) is 0 Å². The van der Waals surface area contributed by atoms with E-state index in [1.54, 1.807) is 11.3 Å². The maximum Gasteiger partial charge on any atom is 0.220 e. The van der Waals surface area contributed by atoms with Crippen LogP contribution in [-0.2, 0) is 11.2 Å². The molecule has 3 nitrogen and oxygen atoms in total. The van der Waals surface area contributed by atoms with Crippen LogP contribution in [0.25, 0.3) is 0 Å². The number of hydrogen-bond acceptors (Lipinski definition) is 3. The molecular formula is C12H18Cl2N2OS. The highest BCUT2D eigenvalue weighted by Gasteiger charge is 2.15. The molecule has 0 aliphatic carbocycles. The first kappa shape index (κ1) is 15.8. The fourth-order valence-corrected chi connectivity index (χ4v) is 3.07. The molecule has 1 aromatic heterocycles. The molecule has 0 saturated carbocycles. The first-order valence-corrected chi connectivity index (χ1v) is 7.23. The van der Waals surface area contributed by atoms with Gasteiger partial charge in [0.15, 0.2) is 0 Å². The van der Waals surface area contributed by atoms with E-state index in [1.165, 1.54) is 4.88 Å². The number of aryl methyl sites for hydroxylation is 1. The van der Waals surface area contributed by atoms with Crippen molar-refractivity contribution in [2.75, 3.05) is 13.1 Å². The van der Waals surface area contributed by atoms with Gasteiger partial charge in [-0.15, -0.1) is 23.7 Å². The molecule has 1 saturated heterocycles. The number of amides is 1. The van der Waals surface area contributed by atoms with Crippen molar-refractivity contribution in [3.05, 3.63) is 21.3 Å². The summed E-state index contributed by atoms with van der Waals surface area (Å²) in [6.45, 7) is 1.97. The lowest BCUT2D eigenvalue weighted by molar-refractivity contribution is -0.121. The van der Waals surface area contributed by atoms with Crippen molar-refractivity contribution in [1.29, 1.82) is 0 Å². The lowest BCUT2D eigenvalue weighted by Gasteiger charge is -2.23. The summed E-state index contributed by atoms with van der Waals surface area (Å²) in [4.78, 5) is 12.9. The van der Waals surface area contributed by atoms with Crippen LogP contribution < -0.4 is 10.6 Å². The summed E-state index contributed by atoms with van der Waals surface area (Å²) in [5, 5.41) is 9.02. The highest BCUT2D eigenvalue weighted by atomic mass is 35.5. The number of rotatable bonds is 4. The molecule has 1 aliphatic heterocycles. The molecule has 0 aromatic carbocycles. The summed E-state index contributed by atoms with van der Waals surface area (Å²) in [6, 6.07) is 2.24. The van der Waals surface area contributed by atoms with E-state index < -0.39 is 0 Å². The lowest BCUT2D eigenvalue weighted by Crippen LogP contribution is -2.45. The molecule has 0 unspecified atom stereocenters. The summed E-state index contributed by atoms with van der Waals surface area (Å²) in [5.41, 5.74) is 0. The van der Waals surface area contributed by atoms with Crippen LogP contribution in [0.1, 0.15) is 24.1 Å². The third kappa shape index (κ3) is 5.14. The Morgan fingerprint density at radius 2 is 2.44 bits per heavy atom. The number of thiophene rings is 1. The molecule has 1 atom stereocenters. The van der Waals surface area contributed by atoms with E-state index in [-0.39, 0.29) is 18.3 Å². The number of carbonyl (C=O) groups excluding carboxylic acids is 1. The summed E-state index contributed by atoms with van der Waals surface area (Å²) < 4.78 is 0. The maximum atomic E-state index is 11.7. The Balaban J connectivity index is 0.00000162. The zero-order valence-corrected chi connectivity index (χ0v) is 12.5. The maximum absolute atomic E-state index is 11.7. The van der Waals surface area contributed by atoms with Crippen molar-refractivity contribution in [1.82, 2.24) is 10.6 Å². The van der Waals surface area contributed by atoms with Gasteiger partial charge in [0.25, 0.3) is 0 Å². The van der Waals surface area contributed by atoms with Crippen LogP contribution >= 0.6 is 35.3 Å². The molecule has 2 N–H and O–H groups in total. The molecule has 102 valence electrons. The van der Waals surface area contributed by atoms with E-state index in [1.807, 2.05) is 11.4 Å². The molecule has 1 amide bonds. The van der Waals surface area contributed by atoms with Crippen LogP contribution in [0.5, 0.6) is 0 Å². The quantitative estimate of drug-likeness (QED) is 0.898. The second-order valence-corrected chi connectivity index (χ2v) is 5.77. The topological polar surface area (TPSA) is 41.1 Å². The van der Waals surface area contributed by atoms with E-state index in [9.17, 15) is 4.79 Å². The van der Waals surface area contributed by atoms with Gasteiger partial charge in [-0.05, 0) is 31.9 Å². The minimum absolute atomic E-state index is 0. The Morgan fingerprint density at radius 3 is 3.06 bits per heavy atom. The third-order valence-corrected chi connectivity index (χ3v) is 4.23. The summed E-state index contributed by atoms with van der Waals surface area (Å²) in [7, 11) is 0. The highest BCUT2D eigenvalue weighted by molar-refractivity contribution is 7.10.